The van der Waals surface area contributed by atoms with Crippen LogP contribution in [-0.2, 0) is 6.42 Å². The Balaban J connectivity index is 1.84. The van der Waals surface area contributed by atoms with Gasteiger partial charge in [-0.3, -0.25) is 0 Å². The summed E-state index contributed by atoms with van der Waals surface area (Å²) in [6.45, 7) is 5.38. The van der Waals surface area contributed by atoms with Crippen LogP contribution in [0.25, 0.3) is 0 Å². The van der Waals surface area contributed by atoms with Crippen LogP contribution in [0.1, 0.15) is 25.8 Å². The van der Waals surface area contributed by atoms with Crippen molar-refractivity contribution in [1.29, 1.82) is 0 Å². The summed E-state index contributed by atoms with van der Waals surface area (Å²) in [7, 11) is 0. The number of hydrogen-bond acceptors (Lipinski definition) is 2. The number of nitrogens with one attached hydrogen (secondary N) is 1. The molecular formula is C14H20BrNO. The van der Waals surface area contributed by atoms with Gasteiger partial charge < -0.3 is 10.1 Å². The first-order valence-electron chi connectivity index (χ1n) is 6.16. The Labute approximate surface area is 112 Å². The van der Waals surface area contributed by atoms with E-state index in [2.05, 4.69) is 53.3 Å². The van der Waals surface area contributed by atoms with E-state index in [1.165, 1.54) is 5.56 Å². The number of para-hydroxylation sites is 1. The SMILES string of the molecule is CC(C)(CCBr)NCC1Cc2ccccc2O1. The van der Waals surface area contributed by atoms with Crippen molar-refractivity contribution in [3.05, 3.63) is 29.8 Å². The van der Waals surface area contributed by atoms with Crippen molar-refractivity contribution in [1.82, 2.24) is 5.32 Å². The Kier molecular flexibility index (Phi) is 4.10. The van der Waals surface area contributed by atoms with Gasteiger partial charge in [0.15, 0.2) is 0 Å². The molecule has 1 atom stereocenters. The maximum Gasteiger partial charge on any atom is 0.123 e. The second kappa shape index (κ2) is 5.40. The highest BCUT2D eigenvalue weighted by Gasteiger charge is 2.24. The van der Waals surface area contributed by atoms with E-state index in [9.17, 15) is 0 Å². The molecule has 1 aromatic rings. The van der Waals surface area contributed by atoms with Crippen LogP contribution >= 0.6 is 15.9 Å². The fraction of sp³-hybridized carbons (Fsp3) is 0.571. The zero-order valence-corrected chi connectivity index (χ0v) is 12.1. The third-order valence-corrected chi connectivity index (χ3v) is 3.64. The van der Waals surface area contributed by atoms with Gasteiger partial charge in [-0.05, 0) is 31.9 Å². The topological polar surface area (TPSA) is 21.3 Å². The second-order valence-corrected chi connectivity index (χ2v) is 6.05. The Morgan fingerprint density at radius 2 is 2.18 bits per heavy atom. The van der Waals surface area contributed by atoms with Crippen molar-refractivity contribution in [2.24, 2.45) is 0 Å². The highest BCUT2D eigenvalue weighted by Crippen LogP contribution is 2.28. The predicted molar refractivity (Wildman–Crippen MR) is 75.1 cm³/mol. The zero-order chi connectivity index (χ0) is 12.3. The quantitative estimate of drug-likeness (QED) is 0.843. The summed E-state index contributed by atoms with van der Waals surface area (Å²) in [6.07, 6.45) is 2.42. The van der Waals surface area contributed by atoms with E-state index in [1.807, 2.05) is 6.07 Å². The molecule has 0 aliphatic carbocycles. The molecule has 1 heterocycles. The minimum absolute atomic E-state index is 0.168. The van der Waals surface area contributed by atoms with Crippen molar-refractivity contribution in [3.8, 4) is 5.75 Å². The molecule has 1 N–H and O–H groups in total. The van der Waals surface area contributed by atoms with Gasteiger partial charge in [-0.15, -0.1) is 0 Å². The molecule has 0 bridgehead atoms. The van der Waals surface area contributed by atoms with Crippen LogP contribution in [0.2, 0.25) is 0 Å². The molecule has 0 aromatic heterocycles. The van der Waals surface area contributed by atoms with Crippen molar-refractivity contribution in [3.63, 3.8) is 0 Å². The van der Waals surface area contributed by atoms with Gasteiger partial charge in [0.25, 0.3) is 0 Å². The fourth-order valence-electron chi connectivity index (χ4n) is 2.08. The molecule has 2 nitrogen and oxygen atoms in total. The summed E-state index contributed by atoms with van der Waals surface area (Å²) in [5.74, 6) is 1.05. The fourth-order valence-corrected chi connectivity index (χ4v) is 3.07. The van der Waals surface area contributed by atoms with Crippen molar-refractivity contribution >= 4 is 15.9 Å². The highest BCUT2D eigenvalue weighted by atomic mass is 79.9. The molecule has 0 spiro atoms. The number of hydrogen-bond donors (Lipinski definition) is 1. The summed E-state index contributed by atoms with van der Waals surface area (Å²) in [6, 6.07) is 8.31. The highest BCUT2D eigenvalue weighted by molar-refractivity contribution is 9.09. The third-order valence-electron chi connectivity index (χ3n) is 3.24. The lowest BCUT2D eigenvalue weighted by Gasteiger charge is -2.27. The van der Waals surface area contributed by atoms with E-state index >= 15 is 0 Å². The van der Waals surface area contributed by atoms with Crippen molar-refractivity contribution < 1.29 is 4.74 Å². The van der Waals surface area contributed by atoms with E-state index in [0.29, 0.717) is 0 Å². The van der Waals surface area contributed by atoms with E-state index < -0.39 is 0 Å². The minimum Gasteiger partial charge on any atom is -0.488 e. The summed E-state index contributed by atoms with van der Waals surface area (Å²) in [5.41, 5.74) is 1.50. The van der Waals surface area contributed by atoms with Gasteiger partial charge in [0.2, 0.25) is 0 Å². The molecule has 17 heavy (non-hydrogen) atoms. The van der Waals surface area contributed by atoms with E-state index in [-0.39, 0.29) is 11.6 Å². The monoisotopic (exact) mass is 297 g/mol. The van der Waals surface area contributed by atoms with Crippen LogP contribution in [0.15, 0.2) is 24.3 Å². The first kappa shape index (κ1) is 12.9. The molecule has 1 aliphatic heterocycles. The standard InChI is InChI=1S/C14H20BrNO/c1-14(2,7-8-15)16-10-12-9-11-5-3-4-6-13(11)17-12/h3-6,12,16H,7-10H2,1-2H3. The number of benzene rings is 1. The minimum atomic E-state index is 0.168. The lowest BCUT2D eigenvalue weighted by atomic mass is 10.0. The van der Waals surface area contributed by atoms with Crippen LogP contribution in [0.5, 0.6) is 5.75 Å². The van der Waals surface area contributed by atoms with Gasteiger partial charge >= 0.3 is 0 Å². The van der Waals surface area contributed by atoms with Crippen molar-refractivity contribution in [2.45, 2.75) is 38.3 Å². The van der Waals surface area contributed by atoms with Crippen LogP contribution in [0.4, 0.5) is 0 Å². The lowest BCUT2D eigenvalue weighted by molar-refractivity contribution is 0.207. The number of halogens is 1. The van der Waals surface area contributed by atoms with Gasteiger partial charge in [0, 0.05) is 23.8 Å². The average molecular weight is 298 g/mol. The zero-order valence-electron chi connectivity index (χ0n) is 10.5. The molecule has 1 unspecified atom stereocenters. The molecule has 0 amide bonds. The summed E-state index contributed by atoms with van der Waals surface area (Å²) in [4.78, 5) is 0. The predicted octanol–water partition coefficient (Wildman–Crippen LogP) is 3.14. The number of alkyl halides is 1. The smallest absolute Gasteiger partial charge is 0.123 e. The molecular weight excluding hydrogens is 278 g/mol. The number of rotatable bonds is 5. The van der Waals surface area contributed by atoms with Gasteiger partial charge in [-0.2, -0.15) is 0 Å². The largest absolute Gasteiger partial charge is 0.488 e. The molecule has 0 saturated heterocycles. The van der Waals surface area contributed by atoms with E-state index in [0.717, 1.165) is 30.5 Å². The molecule has 0 radical (unpaired) electrons. The number of fused-ring (bicyclic) bond motifs is 1. The van der Waals surface area contributed by atoms with Crippen LogP contribution in [-0.4, -0.2) is 23.5 Å². The summed E-state index contributed by atoms with van der Waals surface area (Å²) < 4.78 is 5.91. The lowest BCUT2D eigenvalue weighted by Crippen LogP contribution is -2.44. The normalized spacial score (nSPS) is 18.9. The summed E-state index contributed by atoms with van der Waals surface area (Å²) >= 11 is 3.49. The Hall–Kier alpha value is -0.540. The van der Waals surface area contributed by atoms with E-state index in [4.69, 9.17) is 4.74 Å². The molecule has 2 rings (SSSR count). The van der Waals surface area contributed by atoms with Crippen LogP contribution in [0.3, 0.4) is 0 Å². The Morgan fingerprint density at radius 3 is 2.88 bits per heavy atom. The van der Waals surface area contributed by atoms with Gasteiger partial charge in [-0.1, -0.05) is 34.1 Å². The molecule has 0 saturated carbocycles. The maximum atomic E-state index is 5.91. The van der Waals surface area contributed by atoms with Crippen LogP contribution < -0.4 is 10.1 Å². The molecule has 0 fully saturated rings. The Bertz CT molecular complexity index is 353. The summed E-state index contributed by atoms with van der Waals surface area (Å²) in [5, 5.41) is 4.61. The van der Waals surface area contributed by atoms with E-state index in [1.54, 1.807) is 0 Å². The average Bonchev–Trinajstić information content (AvgIpc) is 2.69. The first-order chi connectivity index (χ1) is 8.11. The third kappa shape index (κ3) is 3.46. The molecule has 1 aliphatic rings. The van der Waals surface area contributed by atoms with Crippen molar-refractivity contribution in [2.75, 3.05) is 11.9 Å². The molecule has 1 aromatic carbocycles. The number of ether oxygens (including phenoxy) is 1. The second-order valence-electron chi connectivity index (χ2n) is 5.26. The van der Waals surface area contributed by atoms with Gasteiger partial charge in [-0.25, -0.2) is 0 Å². The van der Waals surface area contributed by atoms with Crippen LogP contribution in [0, 0.1) is 0 Å². The van der Waals surface area contributed by atoms with Gasteiger partial charge in [0.05, 0.1) is 0 Å². The Morgan fingerprint density at radius 1 is 1.41 bits per heavy atom. The first-order valence-corrected chi connectivity index (χ1v) is 7.28. The maximum absolute atomic E-state index is 5.91. The van der Waals surface area contributed by atoms with Gasteiger partial charge in [0.1, 0.15) is 11.9 Å². The molecule has 94 valence electrons. The molecule has 3 heteroatoms.